The molecule has 0 spiro atoms. The molecule has 1 aliphatic heterocycles. The maximum atomic E-state index is 12.4. The molecule has 0 aliphatic carbocycles. The first-order valence-electron chi connectivity index (χ1n) is 9.30. The van der Waals surface area contributed by atoms with Crippen LogP contribution in [0.3, 0.4) is 0 Å². The summed E-state index contributed by atoms with van der Waals surface area (Å²) in [5.41, 5.74) is 1.10. The number of thioether (sulfide) groups is 1. The Bertz CT molecular complexity index is 1170. The Balaban J connectivity index is 1.53. The molecule has 0 bridgehead atoms. The lowest BCUT2D eigenvalue weighted by atomic mass is 10.0. The standard InChI is InChI=1S/C21H21N3O3S2/c1-21(11-12-29(26,27)14-21)22-18(25)13-28-20-17-10-6-5-9-16(17)19(23-24-20)15-7-3-2-4-8-15/h2-10H,11-14H2,1H3,(H,22,25)/t21-/m1/s1. The molecule has 6 nitrogen and oxygen atoms in total. The van der Waals surface area contributed by atoms with Crippen LogP contribution in [0.2, 0.25) is 0 Å². The average Bonchev–Trinajstić information content (AvgIpc) is 2.99. The number of sulfone groups is 1. The maximum Gasteiger partial charge on any atom is 0.230 e. The van der Waals surface area contributed by atoms with E-state index in [0.717, 1.165) is 22.0 Å². The van der Waals surface area contributed by atoms with Crippen molar-refractivity contribution >= 4 is 38.3 Å². The van der Waals surface area contributed by atoms with Crippen molar-refractivity contribution in [2.45, 2.75) is 23.9 Å². The number of nitrogens with zero attached hydrogens (tertiary/aromatic N) is 2. The van der Waals surface area contributed by atoms with E-state index in [0.29, 0.717) is 11.4 Å². The van der Waals surface area contributed by atoms with Gasteiger partial charge in [-0.2, -0.15) is 0 Å². The van der Waals surface area contributed by atoms with Gasteiger partial charge in [-0.3, -0.25) is 4.79 Å². The Hall–Kier alpha value is -2.45. The van der Waals surface area contributed by atoms with Crippen LogP contribution in [0, 0.1) is 0 Å². The topological polar surface area (TPSA) is 89.0 Å². The lowest BCUT2D eigenvalue weighted by Gasteiger charge is -2.23. The van der Waals surface area contributed by atoms with Crippen LogP contribution in [-0.2, 0) is 14.6 Å². The van der Waals surface area contributed by atoms with Crippen molar-refractivity contribution in [3.63, 3.8) is 0 Å². The van der Waals surface area contributed by atoms with Crippen molar-refractivity contribution in [3.05, 3.63) is 54.6 Å². The van der Waals surface area contributed by atoms with E-state index in [9.17, 15) is 13.2 Å². The number of hydrogen-bond acceptors (Lipinski definition) is 6. The van der Waals surface area contributed by atoms with Gasteiger partial charge in [-0.15, -0.1) is 10.2 Å². The molecular weight excluding hydrogens is 406 g/mol. The molecule has 150 valence electrons. The van der Waals surface area contributed by atoms with Crippen LogP contribution in [0.15, 0.2) is 59.6 Å². The highest BCUT2D eigenvalue weighted by molar-refractivity contribution is 8.00. The zero-order valence-electron chi connectivity index (χ0n) is 16.0. The smallest absolute Gasteiger partial charge is 0.230 e. The first-order chi connectivity index (χ1) is 13.9. The average molecular weight is 428 g/mol. The lowest BCUT2D eigenvalue weighted by Crippen LogP contribution is -2.47. The number of amides is 1. The second-order valence-corrected chi connectivity index (χ2v) is 10.7. The SMILES string of the molecule is C[C@@]1(NC(=O)CSc2nnc(-c3ccccc3)c3ccccc23)CCS(=O)(=O)C1. The number of hydrogen-bond donors (Lipinski definition) is 1. The number of nitrogens with one attached hydrogen (secondary N) is 1. The fourth-order valence-electron chi connectivity index (χ4n) is 3.61. The Kier molecular flexibility index (Phi) is 5.31. The number of carbonyl (C=O) groups is 1. The zero-order chi connectivity index (χ0) is 20.5. The Morgan fingerprint density at radius 1 is 1.07 bits per heavy atom. The van der Waals surface area contributed by atoms with Gasteiger partial charge in [0.25, 0.3) is 0 Å². The van der Waals surface area contributed by atoms with E-state index < -0.39 is 15.4 Å². The molecule has 0 saturated carbocycles. The molecule has 4 rings (SSSR count). The number of carbonyl (C=O) groups excluding carboxylic acids is 1. The minimum atomic E-state index is -3.07. The van der Waals surface area contributed by atoms with Crippen molar-refractivity contribution in [3.8, 4) is 11.3 Å². The van der Waals surface area contributed by atoms with Crippen molar-refractivity contribution in [2.75, 3.05) is 17.3 Å². The van der Waals surface area contributed by atoms with Crippen LogP contribution in [0.5, 0.6) is 0 Å². The third-order valence-corrected chi connectivity index (χ3v) is 7.87. The summed E-state index contributed by atoms with van der Waals surface area (Å²) < 4.78 is 23.5. The fraction of sp³-hybridized carbons (Fsp3) is 0.286. The van der Waals surface area contributed by atoms with Crippen molar-refractivity contribution in [2.24, 2.45) is 0 Å². The lowest BCUT2D eigenvalue weighted by molar-refractivity contribution is -0.120. The van der Waals surface area contributed by atoms with Crippen LogP contribution >= 0.6 is 11.8 Å². The number of fused-ring (bicyclic) bond motifs is 1. The van der Waals surface area contributed by atoms with Crippen LogP contribution in [-0.4, -0.2) is 47.3 Å². The van der Waals surface area contributed by atoms with E-state index in [1.807, 2.05) is 54.6 Å². The van der Waals surface area contributed by atoms with Gasteiger partial charge in [0.15, 0.2) is 9.84 Å². The number of benzene rings is 2. The largest absolute Gasteiger partial charge is 0.349 e. The first kappa shape index (κ1) is 19.8. The molecule has 1 aromatic heterocycles. The first-order valence-corrected chi connectivity index (χ1v) is 12.1. The highest BCUT2D eigenvalue weighted by atomic mass is 32.2. The summed E-state index contributed by atoms with van der Waals surface area (Å²) in [5, 5.41) is 14.2. The van der Waals surface area contributed by atoms with Crippen molar-refractivity contribution in [1.29, 1.82) is 0 Å². The molecule has 2 aromatic carbocycles. The number of rotatable bonds is 5. The molecule has 3 aromatic rings. The summed E-state index contributed by atoms with van der Waals surface area (Å²) in [6, 6.07) is 17.7. The van der Waals surface area contributed by atoms with E-state index in [-0.39, 0.29) is 23.2 Å². The Morgan fingerprint density at radius 2 is 1.76 bits per heavy atom. The minimum Gasteiger partial charge on any atom is -0.349 e. The Labute approximate surface area is 174 Å². The van der Waals surface area contributed by atoms with Gasteiger partial charge >= 0.3 is 0 Å². The Morgan fingerprint density at radius 3 is 2.45 bits per heavy atom. The molecule has 1 aliphatic rings. The summed E-state index contributed by atoms with van der Waals surface area (Å²) in [7, 11) is -3.07. The van der Waals surface area contributed by atoms with Gasteiger partial charge in [0.2, 0.25) is 5.91 Å². The van der Waals surface area contributed by atoms with Gasteiger partial charge in [0.05, 0.1) is 22.8 Å². The van der Waals surface area contributed by atoms with Gasteiger partial charge in [0.1, 0.15) is 10.7 Å². The van der Waals surface area contributed by atoms with Crippen molar-refractivity contribution in [1.82, 2.24) is 15.5 Å². The van der Waals surface area contributed by atoms with Crippen LogP contribution in [0.4, 0.5) is 0 Å². The van der Waals surface area contributed by atoms with E-state index in [1.54, 1.807) is 6.92 Å². The van der Waals surface area contributed by atoms with E-state index in [2.05, 4.69) is 15.5 Å². The zero-order valence-corrected chi connectivity index (χ0v) is 17.6. The molecule has 1 amide bonds. The highest BCUT2D eigenvalue weighted by Gasteiger charge is 2.39. The van der Waals surface area contributed by atoms with Gasteiger partial charge < -0.3 is 5.32 Å². The molecule has 1 atom stereocenters. The van der Waals surface area contributed by atoms with Gasteiger partial charge in [-0.1, -0.05) is 66.4 Å². The van der Waals surface area contributed by atoms with Crippen LogP contribution in [0.1, 0.15) is 13.3 Å². The van der Waals surface area contributed by atoms with E-state index in [1.165, 1.54) is 11.8 Å². The molecule has 8 heteroatoms. The van der Waals surface area contributed by atoms with Gasteiger partial charge in [-0.05, 0) is 13.3 Å². The predicted molar refractivity (Wildman–Crippen MR) is 116 cm³/mol. The fourth-order valence-corrected chi connectivity index (χ4v) is 6.48. The molecule has 1 fully saturated rings. The van der Waals surface area contributed by atoms with Gasteiger partial charge in [-0.25, -0.2) is 8.42 Å². The molecule has 2 heterocycles. The predicted octanol–water partition coefficient (Wildman–Crippen LogP) is 3.08. The summed E-state index contributed by atoms with van der Waals surface area (Å²) in [5.74, 6) is 0.0605. The van der Waals surface area contributed by atoms with Gasteiger partial charge in [0, 0.05) is 16.3 Å². The summed E-state index contributed by atoms with van der Waals surface area (Å²) >= 11 is 1.31. The second kappa shape index (κ2) is 7.76. The molecule has 1 saturated heterocycles. The summed E-state index contributed by atoms with van der Waals surface area (Å²) in [4.78, 5) is 12.4. The van der Waals surface area contributed by atoms with Crippen LogP contribution in [0.25, 0.3) is 22.0 Å². The monoisotopic (exact) mass is 427 g/mol. The third-order valence-electron chi connectivity index (χ3n) is 4.99. The van der Waals surface area contributed by atoms with E-state index in [4.69, 9.17) is 0 Å². The number of aromatic nitrogens is 2. The van der Waals surface area contributed by atoms with E-state index >= 15 is 0 Å². The molecule has 1 N–H and O–H groups in total. The molecule has 29 heavy (non-hydrogen) atoms. The summed E-state index contributed by atoms with van der Waals surface area (Å²) in [6.45, 7) is 1.78. The highest BCUT2D eigenvalue weighted by Crippen LogP contribution is 2.31. The molecule has 0 radical (unpaired) electrons. The van der Waals surface area contributed by atoms with Crippen molar-refractivity contribution < 1.29 is 13.2 Å². The van der Waals surface area contributed by atoms with Crippen LogP contribution < -0.4 is 5.32 Å². The second-order valence-electron chi connectivity index (χ2n) is 7.50. The minimum absolute atomic E-state index is 0.00901. The molecule has 0 unspecified atom stereocenters. The maximum absolute atomic E-state index is 12.4. The normalized spacial score (nSPS) is 20.6. The third kappa shape index (κ3) is 4.43. The quantitative estimate of drug-likeness (QED) is 0.630. The molecular formula is C21H21N3O3S2. The summed E-state index contributed by atoms with van der Waals surface area (Å²) in [6.07, 6.45) is 0.445.